The number of benzene rings is 2. The van der Waals surface area contributed by atoms with Gasteiger partial charge in [-0.15, -0.1) is 0 Å². The van der Waals surface area contributed by atoms with E-state index in [9.17, 15) is 53.8 Å². The Morgan fingerprint density at radius 2 is 1.74 bits per heavy atom. The minimum atomic E-state index is -5.23. The standard InChI is InChI=1S/C26H25F7N2O7S/c1-24(2,26(31,32)33)42-23(38)34-14-5-8-20-19(9-14)35(12-21(41-20)16(11-22(36)37)13-3-4-13)43(39,40)15-6-7-18(27)17(10-15)25(28,29)30/h5-10,13,16,21H,3-4,11-12H2,1-2H3,(H,34,38)(H,36,37)/t16-,21-/m1/s1. The Morgan fingerprint density at radius 1 is 1.09 bits per heavy atom. The predicted molar refractivity (Wildman–Crippen MR) is 135 cm³/mol. The molecule has 1 aliphatic heterocycles. The van der Waals surface area contributed by atoms with Gasteiger partial charge in [-0.25, -0.2) is 17.6 Å². The van der Waals surface area contributed by atoms with Crippen molar-refractivity contribution in [2.45, 2.75) is 62.1 Å². The van der Waals surface area contributed by atoms with E-state index in [1.54, 1.807) is 0 Å². The van der Waals surface area contributed by atoms with Gasteiger partial charge in [0.1, 0.15) is 17.7 Å². The number of sulfonamides is 1. The Morgan fingerprint density at radius 3 is 2.30 bits per heavy atom. The molecule has 2 aromatic rings. The molecule has 2 aromatic carbocycles. The summed E-state index contributed by atoms with van der Waals surface area (Å²) in [6.07, 6.45) is -11.9. The highest BCUT2D eigenvalue weighted by Gasteiger charge is 2.51. The van der Waals surface area contributed by atoms with E-state index < -0.39 is 81.3 Å². The van der Waals surface area contributed by atoms with Crippen molar-refractivity contribution in [3.63, 3.8) is 0 Å². The van der Waals surface area contributed by atoms with Crippen LogP contribution in [0.5, 0.6) is 5.75 Å². The van der Waals surface area contributed by atoms with Gasteiger partial charge in [-0.3, -0.25) is 14.4 Å². The van der Waals surface area contributed by atoms with Crippen LogP contribution in [0.3, 0.4) is 0 Å². The molecule has 0 saturated heterocycles. The monoisotopic (exact) mass is 642 g/mol. The normalized spacial score (nSPS) is 18.3. The molecule has 43 heavy (non-hydrogen) atoms. The molecular weight excluding hydrogens is 617 g/mol. The Kier molecular flexibility index (Phi) is 8.27. The third-order valence-electron chi connectivity index (χ3n) is 7.08. The van der Waals surface area contributed by atoms with Crippen LogP contribution in [0, 0.1) is 17.7 Å². The number of aliphatic carboxylic acids is 1. The van der Waals surface area contributed by atoms with Crippen LogP contribution >= 0.6 is 0 Å². The molecule has 2 atom stereocenters. The maximum absolute atomic E-state index is 14.0. The number of carboxylic acid groups (broad SMARTS) is 1. The lowest BCUT2D eigenvalue weighted by Gasteiger charge is -2.39. The molecule has 1 amide bonds. The number of fused-ring (bicyclic) bond motifs is 1. The van der Waals surface area contributed by atoms with Gasteiger partial charge in [-0.05, 0) is 69.0 Å². The predicted octanol–water partition coefficient (Wildman–Crippen LogP) is 6.19. The number of carboxylic acids is 1. The molecule has 1 fully saturated rings. The third-order valence-corrected chi connectivity index (χ3v) is 8.85. The number of carbonyl (C=O) groups excluding carboxylic acids is 1. The molecule has 0 unspecified atom stereocenters. The van der Waals surface area contributed by atoms with Gasteiger partial charge in [-0.1, -0.05) is 0 Å². The SMILES string of the molecule is CC(C)(OC(=O)Nc1ccc2c(c1)N(S(=O)(=O)c1ccc(F)c(C(F)(F)F)c1)C[C@H]([C@H](CC(=O)O)C1CC1)O2)C(F)(F)F. The lowest BCUT2D eigenvalue weighted by Crippen LogP contribution is -2.47. The fraction of sp³-hybridized carbons (Fsp3) is 0.462. The van der Waals surface area contributed by atoms with E-state index >= 15 is 0 Å². The van der Waals surface area contributed by atoms with Crippen LogP contribution in [-0.2, 0) is 25.7 Å². The first-order valence-corrected chi connectivity index (χ1v) is 14.1. The number of halogens is 7. The minimum Gasteiger partial charge on any atom is -0.486 e. The van der Waals surface area contributed by atoms with Gasteiger partial charge in [-0.2, -0.15) is 26.3 Å². The maximum atomic E-state index is 14.0. The molecule has 17 heteroatoms. The van der Waals surface area contributed by atoms with Crippen LogP contribution in [-0.4, -0.2) is 50.0 Å². The highest BCUT2D eigenvalue weighted by Crippen LogP contribution is 2.46. The number of anilines is 2. The zero-order valence-corrected chi connectivity index (χ0v) is 23.2. The number of nitrogens with zero attached hydrogens (tertiary/aromatic N) is 1. The van der Waals surface area contributed by atoms with Crippen molar-refractivity contribution >= 4 is 33.5 Å². The largest absolute Gasteiger partial charge is 0.486 e. The van der Waals surface area contributed by atoms with E-state index in [2.05, 4.69) is 4.74 Å². The molecule has 9 nitrogen and oxygen atoms in total. The van der Waals surface area contributed by atoms with Crippen molar-refractivity contribution in [1.82, 2.24) is 0 Å². The van der Waals surface area contributed by atoms with Gasteiger partial charge in [0.2, 0.25) is 5.60 Å². The number of carbonyl (C=O) groups is 2. The Balaban J connectivity index is 1.76. The quantitative estimate of drug-likeness (QED) is 0.329. The van der Waals surface area contributed by atoms with Gasteiger partial charge in [0, 0.05) is 11.6 Å². The van der Waals surface area contributed by atoms with Crippen LogP contribution < -0.4 is 14.4 Å². The van der Waals surface area contributed by atoms with E-state index in [4.69, 9.17) is 4.74 Å². The van der Waals surface area contributed by atoms with E-state index in [-0.39, 0.29) is 29.1 Å². The van der Waals surface area contributed by atoms with Crippen LogP contribution in [0.4, 0.5) is 46.9 Å². The molecule has 236 valence electrons. The Bertz CT molecular complexity index is 1520. The molecule has 0 aromatic heterocycles. The maximum Gasteiger partial charge on any atom is 0.427 e. The second kappa shape index (κ2) is 11.1. The van der Waals surface area contributed by atoms with Gasteiger partial charge in [0.25, 0.3) is 10.0 Å². The van der Waals surface area contributed by atoms with E-state index in [0.29, 0.717) is 43.1 Å². The summed E-state index contributed by atoms with van der Waals surface area (Å²) >= 11 is 0. The summed E-state index contributed by atoms with van der Waals surface area (Å²) in [5.41, 5.74) is -5.32. The molecule has 2 N–H and O–H groups in total. The summed E-state index contributed by atoms with van der Waals surface area (Å²) in [7, 11) is -4.92. The average molecular weight is 643 g/mol. The topological polar surface area (TPSA) is 122 Å². The molecule has 1 heterocycles. The number of rotatable bonds is 8. The van der Waals surface area contributed by atoms with Crippen molar-refractivity contribution in [2.24, 2.45) is 11.8 Å². The molecule has 2 aliphatic rings. The number of hydrogen-bond donors (Lipinski definition) is 2. The van der Waals surface area contributed by atoms with Crippen molar-refractivity contribution in [3.8, 4) is 5.75 Å². The number of alkyl halides is 6. The lowest BCUT2D eigenvalue weighted by atomic mass is 9.92. The zero-order valence-electron chi connectivity index (χ0n) is 22.4. The zero-order chi connectivity index (χ0) is 32.1. The molecule has 4 rings (SSSR count). The third kappa shape index (κ3) is 6.91. The summed E-state index contributed by atoms with van der Waals surface area (Å²) < 4.78 is 132. The van der Waals surface area contributed by atoms with Crippen LogP contribution in [0.2, 0.25) is 0 Å². The highest BCUT2D eigenvalue weighted by atomic mass is 32.2. The van der Waals surface area contributed by atoms with Crippen LogP contribution in [0.25, 0.3) is 0 Å². The van der Waals surface area contributed by atoms with Crippen LogP contribution in [0.15, 0.2) is 41.3 Å². The van der Waals surface area contributed by atoms with Crippen molar-refractivity contribution < 1.29 is 63.3 Å². The first-order valence-electron chi connectivity index (χ1n) is 12.7. The molecule has 1 saturated carbocycles. The van der Waals surface area contributed by atoms with Crippen molar-refractivity contribution in [1.29, 1.82) is 0 Å². The summed E-state index contributed by atoms with van der Waals surface area (Å²) in [6, 6.07) is 4.37. The first kappa shape index (κ1) is 32.2. The molecule has 1 aliphatic carbocycles. The molecule has 0 spiro atoms. The summed E-state index contributed by atoms with van der Waals surface area (Å²) in [5.74, 6) is -3.87. The first-order chi connectivity index (χ1) is 19.7. The van der Waals surface area contributed by atoms with E-state index in [1.807, 2.05) is 5.32 Å². The van der Waals surface area contributed by atoms with E-state index in [1.165, 1.54) is 0 Å². The summed E-state index contributed by atoms with van der Waals surface area (Å²) in [6.45, 7) is 0.636. The summed E-state index contributed by atoms with van der Waals surface area (Å²) in [5, 5.41) is 11.5. The average Bonchev–Trinajstić information content (AvgIpc) is 3.70. The number of nitrogens with one attached hydrogen (secondary N) is 1. The fourth-order valence-corrected chi connectivity index (χ4v) is 6.08. The van der Waals surface area contributed by atoms with Gasteiger partial charge < -0.3 is 14.6 Å². The van der Waals surface area contributed by atoms with Gasteiger partial charge in [0.15, 0.2) is 0 Å². The highest BCUT2D eigenvalue weighted by molar-refractivity contribution is 7.92. The van der Waals surface area contributed by atoms with Crippen LogP contribution in [0.1, 0.15) is 38.7 Å². The minimum absolute atomic E-state index is 0.114. The second-order valence-corrected chi connectivity index (χ2v) is 12.5. The number of ether oxygens (including phenoxy) is 2. The fourth-order valence-electron chi connectivity index (χ4n) is 4.57. The number of amides is 1. The second-order valence-electron chi connectivity index (χ2n) is 10.6. The Hall–Kier alpha value is -3.76. The van der Waals surface area contributed by atoms with Crippen molar-refractivity contribution in [2.75, 3.05) is 16.2 Å². The summed E-state index contributed by atoms with van der Waals surface area (Å²) in [4.78, 5) is 22.8. The van der Waals surface area contributed by atoms with Gasteiger partial charge in [0.05, 0.1) is 29.1 Å². The molecule has 0 radical (unpaired) electrons. The number of hydrogen-bond acceptors (Lipinski definition) is 6. The van der Waals surface area contributed by atoms with Crippen molar-refractivity contribution in [3.05, 3.63) is 47.8 Å². The Labute approximate surface area is 240 Å². The lowest BCUT2D eigenvalue weighted by molar-refractivity contribution is -0.242. The smallest absolute Gasteiger partial charge is 0.427 e. The van der Waals surface area contributed by atoms with E-state index in [0.717, 1.165) is 18.2 Å². The van der Waals surface area contributed by atoms with Gasteiger partial charge >= 0.3 is 24.4 Å². The molecule has 0 bridgehead atoms. The molecular formula is C26H25F7N2O7S.